The maximum absolute atomic E-state index is 12.1. The third kappa shape index (κ3) is 4.88. The predicted molar refractivity (Wildman–Crippen MR) is 137 cm³/mol. The molecule has 4 aliphatic rings. The molecule has 0 spiro atoms. The minimum Gasteiger partial charge on any atom is -0.480 e. The Balaban J connectivity index is 1.37. The van der Waals surface area contributed by atoms with E-state index in [-0.39, 0.29) is 23.7 Å². The lowest BCUT2D eigenvalue weighted by Crippen LogP contribution is -2.54. The summed E-state index contributed by atoms with van der Waals surface area (Å²) in [4.78, 5) is 39.6. The van der Waals surface area contributed by atoms with Crippen molar-refractivity contribution in [2.75, 3.05) is 6.61 Å². The molecule has 0 aliphatic heterocycles. The van der Waals surface area contributed by atoms with E-state index in [4.69, 9.17) is 17.0 Å². The lowest BCUT2D eigenvalue weighted by molar-refractivity contribution is -0.142. The lowest BCUT2D eigenvalue weighted by Gasteiger charge is -2.58. The average molecular weight is 514 g/mol. The fraction of sp³-hybridized carbons (Fsp3) is 0.714. The number of carbonyl (C=O) groups excluding carboxylic acids is 2. The Morgan fingerprint density at radius 3 is 2.62 bits per heavy atom. The predicted octanol–water partition coefficient (Wildman–Crippen LogP) is 2.52. The molecular weight excluding hydrogens is 474 g/mol. The van der Waals surface area contributed by atoms with Gasteiger partial charge in [-0.15, -0.1) is 6.42 Å². The van der Waals surface area contributed by atoms with Crippen LogP contribution >= 0.6 is 0 Å². The molecular formula is C28H39N3O6. The molecule has 0 aromatic carbocycles. The summed E-state index contributed by atoms with van der Waals surface area (Å²) in [5.74, 6) is 1.80. The maximum atomic E-state index is 12.1. The zero-order valence-corrected chi connectivity index (χ0v) is 21.8. The summed E-state index contributed by atoms with van der Waals surface area (Å²) in [7, 11) is 0. The van der Waals surface area contributed by atoms with Crippen LogP contribution in [0.1, 0.15) is 78.1 Å². The maximum Gasteiger partial charge on any atom is 0.326 e. The molecule has 5 N–H and O–H groups in total. The van der Waals surface area contributed by atoms with Crippen molar-refractivity contribution in [1.29, 1.82) is 0 Å². The fourth-order valence-corrected chi connectivity index (χ4v) is 7.85. The number of nitrogens with one attached hydrogen (secondary N) is 1. The summed E-state index contributed by atoms with van der Waals surface area (Å²) in [5, 5.41) is 26.9. The highest BCUT2D eigenvalue weighted by atomic mass is 16.6. The zero-order valence-electron chi connectivity index (χ0n) is 21.8. The molecule has 0 unspecified atom stereocenters. The van der Waals surface area contributed by atoms with Crippen LogP contribution in [0.2, 0.25) is 0 Å². The Morgan fingerprint density at radius 2 is 1.95 bits per heavy atom. The molecule has 3 fully saturated rings. The van der Waals surface area contributed by atoms with Gasteiger partial charge in [0.15, 0.2) is 6.61 Å². The molecule has 3 saturated carbocycles. The molecule has 0 bridgehead atoms. The number of hydrogen-bond acceptors (Lipinski definition) is 6. The fourth-order valence-electron chi connectivity index (χ4n) is 7.85. The number of oxime groups is 1. The standard InChI is InChI=1S/C28H39N3O6/c1-4-28(36)14-11-21-19-6-5-17-15-18(9-12-26(17,2)20(19)10-13-27(21,28)3)31-37-16-24(33)30-22(25(34)35)7-8-23(29)32/h1,15,19-22,36H,5-14,16H2,2-3H3,(H2,29,32)(H,30,33)(H,34,35)/b31-18-/t19-,20+,21-,22-,26+,27+,28-/m1/s1. The molecule has 0 aromatic rings. The number of aliphatic hydroxyl groups is 1. The molecule has 0 aromatic heterocycles. The number of carbonyl (C=O) groups is 3. The molecule has 0 radical (unpaired) electrons. The number of nitrogens with zero attached hydrogens (tertiary/aromatic N) is 1. The molecule has 0 saturated heterocycles. The minimum absolute atomic E-state index is 0.0760. The van der Waals surface area contributed by atoms with Crippen molar-refractivity contribution >= 4 is 23.5 Å². The number of carboxylic acid groups (broad SMARTS) is 1. The van der Waals surface area contributed by atoms with E-state index in [9.17, 15) is 24.6 Å². The van der Waals surface area contributed by atoms with Crippen molar-refractivity contribution in [3.05, 3.63) is 11.6 Å². The van der Waals surface area contributed by atoms with Crippen LogP contribution in [-0.2, 0) is 19.2 Å². The monoisotopic (exact) mass is 513 g/mol. The van der Waals surface area contributed by atoms with Gasteiger partial charge in [-0.3, -0.25) is 9.59 Å². The van der Waals surface area contributed by atoms with E-state index in [0.717, 1.165) is 50.7 Å². The van der Waals surface area contributed by atoms with Crippen molar-refractivity contribution < 1.29 is 29.4 Å². The van der Waals surface area contributed by atoms with Crippen LogP contribution in [0.4, 0.5) is 0 Å². The highest BCUT2D eigenvalue weighted by molar-refractivity contribution is 5.96. The number of rotatable bonds is 8. The Morgan fingerprint density at radius 1 is 1.22 bits per heavy atom. The molecule has 9 nitrogen and oxygen atoms in total. The van der Waals surface area contributed by atoms with Crippen molar-refractivity contribution in [2.45, 2.75) is 89.7 Å². The second-order valence-electron chi connectivity index (χ2n) is 11.8. The molecule has 202 valence electrons. The number of carboxylic acids is 1. The second kappa shape index (κ2) is 10.1. The van der Waals surface area contributed by atoms with Gasteiger partial charge in [0.05, 0.1) is 5.71 Å². The van der Waals surface area contributed by atoms with Crippen LogP contribution < -0.4 is 11.1 Å². The van der Waals surface area contributed by atoms with Crippen molar-refractivity contribution in [3.8, 4) is 12.3 Å². The highest BCUT2D eigenvalue weighted by Gasteiger charge is 2.63. The summed E-state index contributed by atoms with van der Waals surface area (Å²) in [5.41, 5.74) is 6.08. The van der Waals surface area contributed by atoms with Crippen LogP contribution in [0.15, 0.2) is 16.8 Å². The number of fused-ring (bicyclic) bond motifs is 5. The molecule has 37 heavy (non-hydrogen) atoms. The van der Waals surface area contributed by atoms with E-state index in [2.05, 4.69) is 36.3 Å². The Hall–Kier alpha value is -2.86. The largest absolute Gasteiger partial charge is 0.480 e. The molecule has 2 amide bonds. The third-order valence-electron chi connectivity index (χ3n) is 10.1. The van der Waals surface area contributed by atoms with Crippen molar-refractivity contribution in [2.24, 2.45) is 39.5 Å². The normalized spacial score (nSPS) is 38.3. The summed E-state index contributed by atoms with van der Waals surface area (Å²) in [6.45, 7) is 4.15. The van der Waals surface area contributed by atoms with Gasteiger partial charge >= 0.3 is 5.97 Å². The Kier molecular flexibility index (Phi) is 7.44. The van der Waals surface area contributed by atoms with Gasteiger partial charge in [0.1, 0.15) is 11.6 Å². The van der Waals surface area contributed by atoms with Gasteiger partial charge in [0.25, 0.3) is 5.91 Å². The number of terminal acetylenes is 1. The first-order chi connectivity index (χ1) is 17.4. The first kappa shape index (κ1) is 27.2. The number of hydrogen-bond donors (Lipinski definition) is 4. The number of aliphatic carboxylic acids is 1. The SMILES string of the molecule is C#C[C@@]1(O)CC[C@@H]2[C@@H]3CCC4=C/C(=N\OCC(=O)N[C@H](CCC(N)=O)C(=O)O)CC[C@]4(C)[C@H]3CC[C@@]21C. The van der Waals surface area contributed by atoms with E-state index in [1.807, 2.05) is 0 Å². The quantitative estimate of drug-likeness (QED) is 0.289. The smallest absolute Gasteiger partial charge is 0.326 e. The number of primary amides is 1. The topological polar surface area (TPSA) is 151 Å². The Labute approximate surface area is 218 Å². The van der Waals surface area contributed by atoms with E-state index in [1.165, 1.54) is 5.57 Å². The minimum atomic E-state index is -1.24. The highest BCUT2D eigenvalue weighted by Crippen LogP contribution is 2.67. The third-order valence-corrected chi connectivity index (χ3v) is 10.1. The first-order valence-corrected chi connectivity index (χ1v) is 13.3. The van der Waals surface area contributed by atoms with Gasteiger partial charge < -0.3 is 26.1 Å². The van der Waals surface area contributed by atoms with E-state index in [0.29, 0.717) is 24.2 Å². The molecule has 7 atom stereocenters. The number of nitrogens with two attached hydrogens (primary N) is 1. The zero-order chi connectivity index (χ0) is 27.0. The van der Waals surface area contributed by atoms with Gasteiger partial charge in [-0.2, -0.15) is 0 Å². The van der Waals surface area contributed by atoms with Gasteiger partial charge in [0.2, 0.25) is 5.91 Å². The number of allylic oxidation sites excluding steroid dienone is 2. The summed E-state index contributed by atoms with van der Waals surface area (Å²) < 4.78 is 0. The van der Waals surface area contributed by atoms with Crippen molar-refractivity contribution in [3.63, 3.8) is 0 Å². The second-order valence-corrected chi connectivity index (χ2v) is 11.8. The van der Waals surface area contributed by atoms with Gasteiger partial charge in [-0.1, -0.05) is 30.5 Å². The average Bonchev–Trinajstić information content (AvgIpc) is 3.12. The molecule has 9 heteroatoms. The summed E-state index contributed by atoms with van der Waals surface area (Å²) >= 11 is 0. The van der Waals surface area contributed by atoms with E-state index < -0.39 is 36.0 Å². The number of amides is 2. The van der Waals surface area contributed by atoms with Gasteiger partial charge in [-0.05, 0) is 87.0 Å². The van der Waals surface area contributed by atoms with Crippen LogP contribution in [0, 0.1) is 40.9 Å². The van der Waals surface area contributed by atoms with Crippen LogP contribution in [0.5, 0.6) is 0 Å². The van der Waals surface area contributed by atoms with Crippen molar-refractivity contribution in [1.82, 2.24) is 5.32 Å². The van der Waals surface area contributed by atoms with Crippen LogP contribution in [0.25, 0.3) is 0 Å². The molecule has 4 aliphatic carbocycles. The first-order valence-electron chi connectivity index (χ1n) is 13.3. The molecule has 0 heterocycles. The van der Waals surface area contributed by atoms with Crippen LogP contribution in [-0.4, -0.2) is 52.0 Å². The van der Waals surface area contributed by atoms with E-state index in [1.54, 1.807) is 0 Å². The lowest BCUT2D eigenvalue weighted by atomic mass is 9.46. The summed E-state index contributed by atoms with van der Waals surface area (Å²) in [6, 6.07) is -1.21. The van der Waals surface area contributed by atoms with Crippen LogP contribution in [0.3, 0.4) is 0 Å². The molecule has 4 rings (SSSR count). The Bertz CT molecular complexity index is 1060. The van der Waals surface area contributed by atoms with Gasteiger partial charge in [-0.25, -0.2) is 4.79 Å². The summed E-state index contributed by atoms with van der Waals surface area (Å²) in [6.07, 6.45) is 15.1. The van der Waals surface area contributed by atoms with E-state index >= 15 is 0 Å². The van der Waals surface area contributed by atoms with Gasteiger partial charge in [0, 0.05) is 11.8 Å².